The summed E-state index contributed by atoms with van der Waals surface area (Å²) in [6.45, 7) is 2.87. The Morgan fingerprint density at radius 3 is 2.92 bits per heavy atom. The molecule has 13 heavy (non-hydrogen) atoms. The summed E-state index contributed by atoms with van der Waals surface area (Å²) in [5.74, 6) is 0.0431. The van der Waals surface area contributed by atoms with Gasteiger partial charge in [0, 0.05) is 24.4 Å². The summed E-state index contributed by atoms with van der Waals surface area (Å²) in [4.78, 5) is 13.6. The molecule has 0 rings (SSSR count). The Bertz CT molecular complexity index is 187. The van der Waals surface area contributed by atoms with E-state index in [1.807, 2.05) is 0 Å². The second-order valence-electron chi connectivity index (χ2n) is 2.76. The summed E-state index contributed by atoms with van der Waals surface area (Å²) in [6.07, 6.45) is 3.71. The summed E-state index contributed by atoms with van der Waals surface area (Å²) in [5.41, 5.74) is 7.95. The van der Waals surface area contributed by atoms with E-state index in [-0.39, 0.29) is 5.91 Å². The fourth-order valence-corrected chi connectivity index (χ4v) is 0.914. The van der Waals surface area contributed by atoms with E-state index in [9.17, 15) is 4.79 Å². The van der Waals surface area contributed by atoms with E-state index >= 15 is 0 Å². The van der Waals surface area contributed by atoms with Gasteiger partial charge in [-0.1, -0.05) is 24.9 Å². The fourth-order valence-electron chi connectivity index (χ4n) is 0.914. The van der Waals surface area contributed by atoms with Crippen molar-refractivity contribution in [1.82, 2.24) is 5.32 Å². The molecule has 0 unspecified atom stereocenters. The van der Waals surface area contributed by atoms with E-state index in [0.29, 0.717) is 19.5 Å². The first kappa shape index (κ1) is 11.8. The highest BCUT2D eigenvalue weighted by Crippen LogP contribution is 1.97. The summed E-state index contributed by atoms with van der Waals surface area (Å²) >= 11 is 0. The minimum Gasteiger partial charge on any atom is -0.356 e. The molecule has 5 nitrogen and oxygen atoms in total. The number of azide groups is 1. The average molecular weight is 184 g/mol. The lowest BCUT2D eigenvalue weighted by molar-refractivity contribution is -0.121. The number of nitrogens with zero attached hydrogens (tertiary/aromatic N) is 3. The summed E-state index contributed by atoms with van der Waals surface area (Å²) in [5, 5.41) is 5.98. The maximum absolute atomic E-state index is 11.0. The van der Waals surface area contributed by atoms with E-state index < -0.39 is 0 Å². The van der Waals surface area contributed by atoms with Gasteiger partial charge >= 0.3 is 0 Å². The molecule has 0 bridgehead atoms. The van der Waals surface area contributed by atoms with Gasteiger partial charge in [-0.25, -0.2) is 0 Å². The molecular weight excluding hydrogens is 168 g/mol. The number of amides is 1. The first-order valence-corrected chi connectivity index (χ1v) is 4.58. The monoisotopic (exact) mass is 184 g/mol. The van der Waals surface area contributed by atoms with Gasteiger partial charge in [-0.2, -0.15) is 0 Å². The number of nitrogens with one attached hydrogen (secondary N) is 1. The second-order valence-corrected chi connectivity index (χ2v) is 2.76. The van der Waals surface area contributed by atoms with Crippen molar-refractivity contribution in [3.63, 3.8) is 0 Å². The molecule has 0 fully saturated rings. The molecular formula is C8H16N4O. The van der Waals surface area contributed by atoms with Crippen molar-refractivity contribution in [2.45, 2.75) is 32.6 Å². The standard InChI is InChI=1S/C8H16N4O/c1-2-3-4-5-8(13)10-6-7-11-12-9/h2-7H2,1H3,(H,10,13). The van der Waals surface area contributed by atoms with Crippen molar-refractivity contribution in [2.24, 2.45) is 5.11 Å². The van der Waals surface area contributed by atoms with Crippen LogP contribution in [0, 0.1) is 0 Å². The van der Waals surface area contributed by atoms with Gasteiger partial charge < -0.3 is 5.32 Å². The summed E-state index contributed by atoms with van der Waals surface area (Å²) < 4.78 is 0. The Morgan fingerprint density at radius 2 is 2.31 bits per heavy atom. The van der Waals surface area contributed by atoms with Gasteiger partial charge in [-0.15, -0.1) is 0 Å². The van der Waals surface area contributed by atoms with Gasteiger partial charge in [-0.05, 0) is 12.0 Å². The van der Waals surface area contributed by atoms with Gasteiger partial charge in [0.1, 0.15) is 0 Å². The molecule has 0 aromatic heterocycles. The van der Waals surface area contributed by atoms with Crippen LogP contribution >= 0.6 is 0 Å². The van der Waals surface area contributed by atoms with E-state index in [1.165, 1.54) is 0 Å². The van der Waals surface area contributed by atoms with E-state index in [4.69, 9.17) is 5.53 Å². The van der Waals surface area contributed by atoms with E-state index in [2.05, 4.69) is 22.3 Å². The Kier molecular flexibility index (Phi) is 8.04. The van der Waals surface area contributed by atoms with Crippen LogP contribution in [0.15, 0.2) is 5.11 Å². The minimum atomic E-state index is 0.0431. The number of carbonyl (C=O) groups is 1. The lowest BCUT2D eigenvalue weighted by Gasteiger charge is -2.01. The van der Waals surface area contributed by atoms with Crippen molar-refractivity contribution in [3.8, 4) is 0 Å². The van der Waals surface area contributed by atoms with Crippen LogP contribution in [0.4, 0.5) is 0 Å². The van der Waals surface area contributed by atoms with Gasteiger partial charge in [-0.3, -0.25) is 4.79 Å². The maximum atomic E-state index is 11.0. The van der Waals surface area contributed by atoms with Gasteiger partial charge in [0.2, 0.25) is 5.91 Å². The smallest absolute Gasteiger partial charge is 0.219 e. The van der Waals surface area contributed by atoms with Crippen molar-refractivity contribution in [3.05, 3.63) is 10.4 Å². The predicted molar refractivity (Wildman–Crippen MR) is 51.2 cm³/mol. The molecule has 0 atom stereocenters. The fraction of sp³-hybridized carbons (Fsp3) is 0.875. The number of rotatable bonds is 7. The third-order valence-electron chi connectivity index (χ3n) is 1.60. The van der Waals surface area contributed by atoms with E-state index in [1.54, 1.807) is 0 Å². The number of carbonyl (C=O) groups excluding carboxylic acids is 1. The third kappa shape index (κ3) is 8.69. The zero-order valence-electron chi connectivity index (χ0n) is 7.99. The molecule has 0 aromatic rings. The van der Waals surface area contributed by atoms with Crippen molar-refractivity contribution >= 4 is 5.91 Å². The highest BCUT2D eigenvalue weighted by atomic mass is 16.1. The van der Waals surface area contributed by atoms with Crippen LogP contribution in [0.2, 0.25) is 0 Å². The van der Waals surface area contributed by atoms with Crippen LogP contribution in [-0.4, -0.2) is 19.0 Å². The molecule has 0 radical (unpaired) electrons. The third-order valence-corrected chi connectivity index (χ3v) is 1.60. The minimum absolute atomic E-state index is 0.0431. The Balaban J connectivity index is 3.24. The highest BCUT2D eigenvalue weighted by Gasteiger charge is 1.98. The molecule has 5 heteroatoms. The van der Waals surface area contributed by atoms with Gasteiger partial charge in [0.25, 0.3) is 0 Å². The molecule has 0 aromatic carbocycles. The summed E-state index contributed by atoms with van der Waals surface area (Å²) in [6, 6.07) is 0. The van der Waals surface area contributed by atoms with Gasteiger partial charge in [0.05, 0.1) is 0 Å². The molecule has 1 amide bonds. The zero-order valence-corrected chi connectivity index (χ0v) is 7.99. The van der Waals surface area contributed by atoms with Gasteiger partial charge in [0.15, 0.2) is 0 Å². The van der Waals surface area contributed by atoms with Crippen LogP contribution in [-0.2, 0) is 4.79 Å². The highest BCUT2D eigenvalue weighted by molar-refractivity contribution is 5.75. The van der Waals surface area contributed by atoms with Crippen LogP contribution in [0.1, 0.15) is 32.6 Å². The summed E-state index contributed by atoms with van der Waals surface area (Å²) in [7, 11) is 0. The molecule has 0 aliphatic rings. The molecule has 0 spiro atoms. The molecule has 1 N–H and O–H groups in total. The van der Waals surface area contributed by atoms with Crippen LogP contribution < -0.4 is 5.32 Å². The molecule has 0 saturated carbocycles. The van der Waals surface area contributed by atoms with Crippen LogP contribution in [0.5, 0.6) is 0 Å². The van der Waals surface area contributed by atoms with E-state index in [0.717, 1.165) is 19.3 Å². The van der Waals surface area contributed by atoms with Crippen LogP contribution in [0.25, 0.3) is 10.4 Å². The topological polar surface area (TPSA) is 77.9 Å². The number of hydrogen-bond acceptors (Lipinski definition) is 2. The Morgan fingerprint density at radius 1 is 1.54 bits per heavy atom. The average Bonchev–Trinajstić information content (AvgIpc) is 2.13. The molecule has 74 valence electrons. The second kappa shape index (κ2) is 8.87. The zero-order chi connectivity index (χ0) is 9.94. The predicted octanol–water partition coefficient (Wildman–Crippen LogP) is 1.99. The Labute approximate surface area is 78.1 Å². The Hall–Kier alpha value is -1.22. The maximum Gasteiger partial charge on any atom is 0.219 e. The first-order valence-electron chi connectivity index (χ1n) is 4.58. The van der Waals surface area contributed by atoms with Crippen molar-refractivity contribution < 1.29 is 4.79 Å². The first-order chi connectivity index (χ1) is 6.31. The van der Waals surface area contributed by atoms with Crippen molar-refractivity contribution in [2.75, 3.05) is 13.1 Å². The van der Waals surface area contributed by atoms with Crippen LogP contribution in [0.3, 0.4) is 0 Å². The molecule has 0 aliphatic heterocycles. The number of unbranched alkanes of at least 4 members (excludes halogenated alkanes) is 2. The lowest BCUT2D eigenvalue weighted by atomic mass is 10.2. The largest absolute Gasteiger partial charge is 0.356 e. The molecule has 0 aliphatic carbocycles. The molecule has 0 saturated heterocycles. The lowest BCUT2D eigenvalue weighted by Crippen LogP contribution is -2.25. The number of hydrogen-bond donors (Lipinski definition) is 1. The molecule has 0 heterocycles. The quantitative estimate of drug-likeness (QED) is 0.279. The SMILES string of the molecule is CCCCCC(=O)NCCN=[N+]=[N-]. The van der Waals surface area contributed by atoms with Crippen molar-refractivity contribution in [1.29, 1.82) is 0 Å². The normalized spacial score (nSPS) is 9.00.